The number of methoxy groups -OCH3 is 1. The van der Waals surface area contributed by atoms with E-state index in [0.717, 1.165) is 0 Å². The second-order valence-electron chi connectivity index (χ2n) is 3.74. The van der Waals surface area contributed by atoms with Crippen molar-refractivity contribution in [2.45, 2.75) is 32.9 Å². The summed E-state index contributed by atoms with van der Waals surface area (Å²) in [6, 6.07) is -0.512. The Morgan fingerprint density at radius 1 is 1.53 bits per heavy atom. The van der Waals surface area contributed by atoms with Crippen LogP contribution in [0.2, 0.25) is 0 Å². The van der Waals surface area contributed by atoms with Gasteiger partial charge in [-0.3, -0.25) is 4.79 Å². The van der Waals surface area contributed by atoms with Gasteiger partial charge >= 0.3 is 5.97 Å². The molecule has 0 spiro atoms. The maximum absolute atomic E-state index is 11.6. The second kappa shape index (κ2) is 3.92. The number of carbonyl (C=O) groups excluding carboxylic acids is 2. The van der Waals surface area contributed by atoms with Crippen molar-refractivity contribution < 1.29 is 19.4 Å². The molecule has 0 aromatic carbocycles. The summed E-state index contributed by atoms with van der Waals surface area (Å²) < 4.78 is 4.52. The van der Waals surface area contributed by atoms with Crippen molar-refractivity contribution in [3.05, 3.63) is 11.3 Å². The van der Waals surface area contributed by atoms with Gasteiger partial charge in [0.15, 0.2) is 5.76 Å². The van der Waals surface area contributed by atoms with Crippen molar-refractivity contribution in [2.24, 2.45) is 0 Å². The molecule has 1 unspecified atom stereocenters. The molecule has 1 rings (SSSR count). The van der Waals surface area contributed by atoms with Crippen LogP contribution in [0.3, 0.4) is 0 Å². The van der Waals surface area contributed by atoms with E-state index in [1.165, 1.54) is 12.0 Å². The molecule has 1 aliphatic rings. The fourth-order valence-corrected chi connectivity index (χ4v) is 1.81. The Labute approximate surface area is 88.3 Å². The van der Waals surface area contributed by atoms with Gasteiger partial charge in [-0.25, -0.2) is 4.79 Å². The molecule has 0 bridgehead atoms. The van der Waals surface area contributed by atoms with Crippen LogP contribution in [-0.2, 0) is 14.3 Å². The summed E-state index contributed by atoms with van der Waals surface area (Å²) >= 11 is 0. The molecule has 5 nitrogen and oxygen atoms in total. The minimum Gasteiger partial charge on any atom is -0.503 e. The van der Waals surface area contributed by atoms with Gasteiger partial charge < -0.3 is 14.7 Å². The number of amides is 1. The van der Waals surface area contributed by atoms with Crippen molar-refractivity contribution in [3.8, 4) is 0 Å². The monoisotopic (exact) mass is 213 g/mol. The Bertz CT molecular complexity index is 332. The topological polar surface area (TPSA) is 66.8 Å². The quantitative estimate of drug-likeness (QED) is 0.682. The van der Waals surface area contributed by atoms with Crippen molar-refractivity contribution >= 4 is 11.9 Å². The summed E-state index contributed by atoms with van der Waals surface area (Å²) in [7, 11) is 1.22. The Hall–Kier alpha value is -1.52. The number of rotatable bonds is 2. The number of ether oxygens (including phenoxy) is 1. The molecule has 5 heteroatoms. The Kier molecular flexibility index (Phi) is 3.02. The molecule has 1 atom stereocenters. The standard InChI is InChI=1S/C10H15NO4/c1-5(2)11-6(3)7(10(14)15-4)8(12)9(11)13/h5-6,12H,1-4H3. The highest BCUT2D eigenvalue weighted by Gasteiger charge is 2.41. The van der Waals surface area contributed by atoms with Crippen molar-refractivity contribution in [1.82, 2.24) is 4.90 Å². The van der Waals surface area contributed by atoms with Crippen LogP contribution in [0, 0.1) is 0 Å². The van der Waals surface area contributed by atoms with Crippen LogP contribution < -0.4 is 0 Å². The summed E-state index contributed by atoms with van der Waals surface area (Å²) in [5, 5.41) is 9.54. The number of hydrogen-bond donors (Lipinski definition) is 1. The molecule has 0 aliphatic carbocycles. The Balaban J connectivity index is 3.08. The SMILES string of the molecule is COC(=O)C1=C(O)C(=O)N(C(C)C)C1C. The van der Waals surface area contributed by atoms with Crippen LogP contribution in [0.4, 0.5) is 0 Å². The normalized spacial score (nSPS) is 21.5. The van der Waals surface area contributed by atoms with E-state index in [1.54, 1.807) is 6.92 Å². The van der Waals surface area contributed by atoms with Crippen LogP contribution in [0.1, 0.15) is 20.8 Å². The van der Waals surface area contributed by atoms with Gasteiger partial charge in [-0.1, -0.05) is 0 Å². The fourth-order valence-electron chi connectivity index (χ4n) is 1.81. The Morgan fingerprint density at radius 3 is 2.40 bits per heavy atom. The molecule has 0 saturated heterocycles. The molecule has 1 heterocycles. The number of aliphatic hydroxyl groups is 1. The first-order valence-electron chi connectivity index (χ1n) is 4.75. The first-order valence-corrected chi connectivity index (χ1v) is 4.75. The van der Waals surface area contributed by atoms with Crippen molar-refractivity contribution in [2.75, 3.05) is 7.11 Å². The third-order valence-corrected chi connectivity index (χ3v) is 2.49. The van der Waals surface area contributed by atoms with E-state index >= 15 is 0 Å². The zero-order valence-corrected chi connectivity index (χ0v) is 9.27. The van der Waals surface area contributed by atoms with Crippen LogP contribution in [-0.4, -0.2) is 41.1 Å². The number of carbonyl (C=O) groups is 2. The molecule has 1 amide bonds. The molecular formula is C10H15NO4. The lowest BCUT2D eigenvalue weighted by Gasteiger charge is -2.26. The third-order valence-electron chi connectivity index (χ3n) is 2.49. The van der Waals surface area contributed by atoms with E-state index in [9.17, 15) is 14.7 Å². The van der Waals surface area contributed by atoms with Crippen molar-refractivity contribution in [3.63, 3.8) is 0 Å². The number of esters is 1. The van der Waals surface area contributed by atoms with Crippen LogP contribution in [0.25, 0.3) is 0 Å². The molecule has 0 radical (unpaired) electrons. The lowest BCUT2D eigenvalue weighted by Crippen LogP contribution is -2.40. The van der Waals surface area contributed by atoms with Crippen LogP contribution >= 0.6 is 0 Å². The summed E-state index contributed by atoms with van der Waals surface area (Å²) in [6.45, 7) is 5.33. The van der Waals surface area contributed by atoms with E-state index in [-0.39, 0.29) is 11.6 Å². The minimum atomic E-state index is -0.656. The van der Waals surface area contributed by atoms with E-state index in [1.807, 2.05) is 13.8 Å². The molecule has 1 aliphatic heterocycles. The zero-order chi connectivity index (χ0) is 11.7. The van der Waals surface area contributed by atoms with Gasteiger partial charge in [0.1, 0.15) is 5.57 Å². The van der Waals surface area contributed by atoms with Gasteiger partial charge in [-0.05, 0) is 20.8 Å². The van der Waals surface area contributed by atoms with E-state index in [0.29, 0.717) is 0 Å². The predicted octanol–water partition coefficient (Wildman–Crippen LogP) is 0.611. The van der Waals surface area contributed by atoms with Crippen LogP contribution in [0.15, 0.2) is 11.3 Å². The highest BCUT2D eigenvalue weighted by molar-refractivity contribution is 6.05. The second-order valence-corrected chi connectivity index (χ2v) is 3.74. The lowest BCUT2D eigenvalue weighted by molar-refractivity contribution is -0.136. The van der Waals surface area contributed by atoms with Gasteiger partial charge in [0.05, 0.1) is 13.2 Å². The van der Waals surface area contributed by atoms with E-state index in [4.69, 9.17) is 0 Å². The van der Waals surface area contributed by atoms with Gasteiger partial charge in [0.25, 0.3) is 5.91 Å². The van der Waals surface area contributed by atoms with Gasteiger partial charge in [0, 0.05) is 6.04 Å². The molecule has 0 fully saturated rings. The average Bonchev–Trinajstić information content (AvgIpc) is 2.37. The van der Waals surface area contributed by atoms with Gasteiger partial charge in [-0.2, -0.15) is 0 Å². The highest BCUT2D eigenvalue weighted by Crippen LogP contribution is 2.26. The highest BCUT2D eigenvalue weighted by atomic mass is 16.5. The first kappa shape index (κ1) is 11.6. The summed E-state index contributed by atoms with van der Waals surface area (Å²) in [4.78, 5) is 24.4. The third kappa shape index (κ3) is 1.69. The lowest BCUT2D eigenvalue weighted by atomic mass is 10.1. The number of hydrogen-bond acceptors (Lipinski definition) is 4. The van der Waals surface area contributed by atoms with Crippen molar-refractivity contribution in [1.29, 1.82) is 0 Å². The van der Waals surface area contributed by atoms with Gasteiger partial charge in [-0.15, -0.1) is 0 Å². The number of aliphatic hydroxyl groups excluding tert-OH is 1. The van der Waals surface area contributed by atoms with E-state index < -0.39 is 23.7 Å². The van der Waals surface area contributed by atoms with Gasteiger partial charge in [0.2, 0.25) is 0 Å². The van der Waals surface area contributed by atoms with Crippen LogP contribution in [0.5, 0.6) is 0 Å². The molecule has 84 valence electrons. The zero-order valence-electron chi connectivity index (χ0n) is 9.27. The maximum atomic E-state index is 11.6. The summed E-state index contributed by atoms with van der Waals surface area (Å²) in [5.41, 5.74) is 0.0381. The summed E-state index contributed by atoms with van der Waals surface area (Å²) in [6.07, 6.45) is 0. The Morgan fingerprint density at radius 2 is 2.07 bits per heavy atom. The first-order chi connectivity index (χ1) is 6.91. The molecule has 0 aromatic rings. The number of nitrogens with zero attached hydrogens (tertiary/aromatic N) is 1. The summed E-state index contributed by atoms with van der Waals surface area (Å²) in [5.74, 6) is -1.67. The molecule has 0 aromatic heterocycles. The molecular weight excluding hydrogens is 198 g/mol. The maximum Gasteiger partial charge on any atom is 0.339 e. The molecule has 0 saturated carbocycles. The average molecular weight is 213 g/mol. The molecule has 15 heavy (non-hydrogen) atoms. The van der Waals surface area contributed by atoms with E-state index in [2.05, 4.69) is 4.74 Å². The smallest absolute Gasteiger partial charge is 0.339 e. The largest absolute Gasteiger partial charge is 0.503 e. The minimum absolute atomic E-state index is 0.0381. The fraction of sp³-hybridized carbons (Fsp3) is 0.600. The molecule has 1 N–H and O–H groups in total. The predicted molar refractivity (Wildman–Crippen MR) is 53.1 cm³/mol.